The van der Waals surface area contributed by atoms with Gasteiger partial charge in [-0.1, -0.05) is 37.3 Å². The van der Waals surface area contributed by atoms with Gasteiger partial charge < -0.3 is 14.6 Å². The molecule has 1 aliphatic heterocycles. The van der Waals surface area contributed by atoms with Crippen LogP contribution in [0.15, 0.2) is 53.4 Å². The lowest BCUT2D eigenvalue weighted by Gasteiger charge is -2.45. The molecule has 0 aromatic heterocycles. The Kier molecular flexibility index (Phi) is 11.0. The van der Waals surface area contributed by atoms with E-state index in [4.69, 9.17) is 21.1 Å². The van der Waals surface area contributed by atoms with Crippen LogP contribution in [0.3, 0.4) is 0 Å². The molecule has 1 heterocycles. The molecule has 1 unspecified atom stereocenters. The van der Waals surface area contributed by atoms with Gasteiger partial charge in [0.05, 0.1) is 21.0 Å². The highest BCUT2D eigenvalue weighted by atomic mass is 35.5. The van der Waals surface area contributed by atoms with E-state index in [0.717, 1.165) is 16.8 Å². The van der Waals surface area contributed by atoms with Crippen molar-refractivity contribution in [3.63, 3.8) is 0 Å². The van der Waals surface area contributed by atoms with Crippen molar-refractivity contribution in [2.24, 2.45) is 0 Å². The molecule has 2 amide bonds. The Balaban J connectivity index is 1.93. The molecule has 3 N–H and O–H groups in total. The van der Waals surface area contributed by atoms with Crippen molar-refractivity contribution in [2.45, 2.75) is 67.9 Å². The number of benzene rings is 2. The largest absolute Gasteiger partial charge is 0.454 e. The molecule has 0 aliphatic carbocycles. The molecule has 15 heteroatoms. The third-order valence-electron chi connectivity index (χ3n) is 7.54. The van der Waals surface area contributed by atoms with Gasteiger partial charge in [-0.3, -0.25) is 20.3 Å². The third-order valence-corrected chi connectivity index (χ3v) is 11.9. The second-order valence-corrected chi connectivity index (χ2v) is 16.7. The van der Waals surface area contributed by atoms with Crippen LogP contribution in [0.4, 0.5) is 0 Å². The fourth-order valence-electron chi connectivity index (χ4n) is 4.68. The van der Waals surface area contributed by atoms with Gasteiger partial charge in [0.1, 0.15) is 11.5 Å². The number of carbonyl (C=O) groups excluding carboxylic acids is 2. The summed E-state index contributed by atoms with van der Waals surface area (Å²) < 4.78 is 60.2. The van der Waals surface area contributed by atoms with Crippen LogP contribution >= 0.6 is 11.6 Å². The van der Waals surface area contributed by atoms with Gasteiger partial charge in [0.25, 0.3) is 5.91 Å². The predicted molar refractivity (Wildman–Crippen MR) is 166 cm³/mol. The van der Waals surface area contributed by atoms with E-state index in [-0.39, 0.29) is 36.8 Å². The summed E-state index contributed by atoms with van der Waals surface area (Å²) in [4.78, 5) is 26.4. The van der Waals surface area contributed by atoms with Gasteiger partial charge in [-0.2, -0.15) is 0 Å². The maximum absolute atomic E-state index is 13.3. The highest BCUT2D eigenvalue weighted by molar-refractivity contribution is 7.92. The minimum Gasteiger partial charge on any atom is -0.454 e. The Morgan fingerprint density at radius 3 is 2.25 bits per heavy atom. The smallest absolute Gasteiger partial charge is 0.257 e. The van der Waals surface area contributed by atoms with E-state index in [9.17, 15) is 31.5 Å². The zero-order valence-electron chi connectivity index (χ0n) is 25.4. The number of nitrogens with zero attached hydrogens (tertiary/aromatic N) is 1. The van der Waals surface area contributed by atoms with Crippen LogP contribution in [0.25, 0.3) is 0 Å². The highest BCUT2D eigenvalue weighted by Crippen LogP contribution is 2.34. The number of amides is 2. The topological polar surface area (TPSA) is 168 Å². The lowest BCUT2D eigenvalue weighted by atomic mass is 9.94. The fourth-order valence-corrected chi connectivity index (χ4v) is 6.84. The van der Waals surface area contributed by atoms with Gasteiger partial charge in [-0.25, -0.2) is 21.8 Å². The number of carbonyl (C=O) groups is 2. The van der Waals surface area contributed by atoms with Gasteiger partial charge in [-0.15, -0.1) is 11.6 Å². The average molecular weight is 674 g/mol. The first-order valence-corrected chi connectivity index (χ1v) is 17.9. The molecule has 44 heavy (non-hydrogen) atoms. The molecule has 0 fully saturated rings. The molecule has 0 bridgehead atoms. The van der Waals surface area contributed by atoms with E-state index in [1.165, 1.54) is 39.0 Å². The number of hydrogen-bond acceptors (Lipinski definition) is 10. The van der Waals surface area contributed by atoms with E-state index in [0.29, 0.717) is 5.75 Å². The number of rotatable bonds is 14. The van der Waals surface area contributed by atoms with Crippen LogP contribution in [0.5, 0.6) is 11.5 Å². The van der Waals surface area contributed by atoms with Gasteiger partial charge in [0.15, 0.2) is 31.2 Å². The molecule has 2 aromatic rings. The lowest BCUT2D eigenvalue weighted by Crippen LogP contribution is -2.69. The van der Waals surface area contributed by atoms with Crippen LogP contribution in [0, 0.1) is 0 Å². The number of hydrazine groups is 1. The molecule has 2 atom stereocenters. The van der Waals surface area contributed by atoms with Crippen molar-refractivity contribution < 1.29 is 41.0 Å². The second kappa shape index (κ2) is 13.6. The summed E-state index contributed by atoms with van der Waals surface area (Å²) in [5.41, 5.74) is 0.0383. The Morgan fingerprint density at radius 1 is 1.02 bits per heavy atom. The highest BCUT2D eigenvalue weighted by Gasteiger charge is 2.43. The van der Waals surface area contributed by atoms with E-state index >= 15 is 0 Å². The Hall–Kier alpha value is -2.91. The molecule has 0 spiro atoms. The molecule has 1 aliphatic rings. The lowest BCUT2D eigenvalue weighted by molar-refractivity contribution is -0.151. The number of alkyl halides is 1. The number of nitrogens with one attached hydrogen (secondary N) is 2. The van der Waals surface area contributed by atoms with Crippen molar-refractivity contribution in [2.75, 3.05) is 31.2 Å². The van der Waals surface area contributed by atoms with Crippen LogP contribution in [0.2, 0.25) is 0 Å². The normalized spacial score (nSPS) is 16.1. The fraction of sp³-hybridized carbons (Fsp3) is 0.517. The van der Waals surface area contributed by atoms with Crippen molar-refractivity contribution in [1.29, 1.82) is 0 Å². The van der Waals surface area contributed by atoms with E-state index in [2.05, 4.69) is 10.7 Å². The minimum absolute atomic E-state index is 0.0270. The summed E-state index contributed by atoms with van der Waals surface area (Å²) in [6.45, 7) is 5.55. The van der Waals surface area contributed by atoms with Crippen molar-refractivity contribution >= 4 is 43.1 Å². The van der Waals surface area contributed by atoms with Gasteiger partial charge in [-0.05, 0) is 44.9 Å². The first-order valence-electron chi connectivity index (χ1n) is 13.9. The zero-order valence-corrected chi connectivity index (χ0v) is 27.8. The first kappa shape index (κ1) is 35.6. The Bertz CT molecular complexity index is 1570. The van der Waals surface area contributed by atoms with Crippen LogP contribution in [-0.2, 0) is 35.7 Å². The van der Waals surface area contributed by atoms with Crippen molar-refractivity contribution in [3.05, 3.63) is 54.1 Å². The maximum atomic E-state index is 13.3. The molecule has 0 saturated heterocycles. The van der Waals surface area contributed by atoms with E-state index in [1.54, 1.807) is 19.1 Å². The number of aliphatic hydroxyl groups is 1. The quantitative estimate of drug-likeness (QED) is 0.154. The van der Waals surface area contributed by atoms with Crippen LogP contribution < -0.4 is 20.2 Å². The van der Waals surface area contributed by atoms with Gasteiger partial charge >= 0.3 is 0 Å². The average Bonchev–Trinajstić information content (AvgIpc) is 3.41. The summed E-state index contributed by atoms with van der Waals surface area (Å²) >= 11 is 5.97. The monoisotopic (exact) mass is 673 g/mol. The van der Waals surface area contributed by atoms with Crippen molar-refractivity contribution in [1.82, 2.24) is 15.8 Å². The Labute approximate surface area is 263 Å². The minimum atomic E-state index is -4.02. The van der Waals surface area contributed by atoms with Gasteiger partial charge in [0, 0.05) is 31.7 Å². The summed E-state index contributed by atoms with van der Waals surface area (Å²) in [6, 6.07) is 13.2. The maximum Gasteiger partial charge on any atom is 0.257 e. The number of ether oxygens (including phenoxy) is 2. The van der Waals surface area contributed by atoms with E-state index in [1.807, 2.05) is 18.2 Å². The number of halogens is 1. The third kappa shape index (κ3) is 8.62. The summed E-state index contributed by atoms with van der Waals surface area (Å²) in [7, 11) is -7.65. The standard InChI is InChI=1S/C29H40ClN3O9S2/c1-6-29(15-21-10-8-7-9-11-21,33(26(35)17-30)32-25(34)16-27(2,3)43(5,37)38)31-18-28(4,36)19-44(39,40)22-12-13-23-24(14-22)42-20-41-23/h7-14,31,36H,6,15-20H2,1-5H3,(H,32,34)/t28-,29?/m1/s1. The molecular formula is C29H40ClN3O9S2. The van der Waals surface area contributed by atoms with Gasteiger partial charge in [0.2, 0.25) is 12.7 Å². The Morgan fingerprint density at radius 2 is 1.66 bits per heavy atom. The van der Waals surface area contributed by atoms with Crippen molar-refractivity contribution in [3.8, 4) is 11.5 Å². The molecular weight excluding hydrogens is 634 g/mol. The molecule has 244 valence electrons. The second-order valence-electron chi connectivity index (χ2n) is 11.8. The van der Waals surface area contributed by atoms with Crippen LogP contribution in [0.1, 0.15) is 46.1 Å². The van der Waals surface area contributed by atoms with Crippen LogP contribution in [-0.4, -0.2) is 86.0 Å². The SMILES string of the molecule is CCC(Cc1ccccc1)(NC[C@@](C)(O)CS(=O)(=O)c1ccc2c(c1)OCO2)N(NC(=O)CC(C)(C)S(C)(=O)=O)C(=O)CCl. The molecule has 2 aromatic carbocycles. The number of fused-ring (bicyclic) bond motifs is 1. The summed E-state index contributed by atoms with van der Waals surface area (Å²) in [5.74, 6) is -1.96. The summed E-state index contributed by atoms with van der Waals surface area (Å²) in [5, 5.41) is 15.5. The molecule has 0 saturated carbocycles. The number of hydrogen-bond donors (Lipinski definition) is 3. The molecule has 3 rings (SSSR count). The predicted octanol–water partition coefficient (Wildman–Crippen LogP) is 2.19. The first-order chi connectivity index (χ1) is 20.3. The summed E-state index contributed by atoms with van der Waals surface area (Å²) in [6.07, 6.45) is 0.864. The zero-order chi connectivity index (χ0) is 33.0. The number of sulfone groups is 2. The molecule has 12 nitrogen and oxygen atoms in total. The molecule has 0 radical (unpaired) electrons. The van der Waals surface area contributed by atoms with E-state index < -0.39 is 65.6 Å².